The number of carbonyl (C=O) groups is 3. The molecule has 0 saturated heterocycles. The summed E-state index contributed by atoms with van der Waals surface area (Å²) >= 11 is 0. The molecule has 1 rings (SSSR count). The Hall–Kier alpha value is -1.79. The molecular weight excluding hydrogens is 290 g/mol. The normalized spacial score (nSPS) is 16.9. The number of carbonyl (C=O) groups excluding carboxylic acids is 2. The molecular formula is C15H25NO6. The molecule has 0 spiro atoms. The van der Waals surface area contributed by atoms with E-state index in [9.17, 15) is 14.4 Å². The molecule has 1 amide bonds. The van der Waals surface area contributed by atoms with Crippen LogP contribution in [0.4, 0.5) is 4.79 Å². The van der Waals surface area contributed by atoms with Gasteiger partial charge in [0.1, 0.15) is 6.54 Å². The number of rotatable bonds is 6. The summed E-state index contributed by atoms with van der Waals surface area (Å²) in [5.74, 6) is -1.83. The van der Waals surface area contributed by atoms with Crippen molar-refractivity contribution in [1.82, 2.24) is 4.90 Å². The van der Waals surface area contributed by atoms with Crippen LogP contribution in [0.25, 0.3) is 0 Å². The Morgan fingerprint density at radius 3 is 2.23 bits per heavy atom. The van der Waals surface area contributed by atoms with Crippen LogP contribution in [0.3, 0.4) is 0 Å². The van der Waals surface area contributed by atoms with Crippen LogP contribution in [0.5, 0.6) is 0 Å². The highest BCUT2D eigenvalue weighted by Gasteiger charge is 2.29. The summed E-state index contributed by atoms with van der Waals surface area (Å²) in [7, 11) is 1.32. The Bertz CT molecular complexity index is 403. The second-order valence-corrected chi connectivity index (χ2v) is 6.02. The van der Waals surface area contributed by atoms with Gasteiger partial charge in [0.2, 0.25) is 0 Å². The number of hydrogen-bond donors (Lipinski definition) is 1. The summed E-state index contributed by atoms with van der Waals surface area (Å²) in [5, 5.41) is 8.66. The van der Waals surface area contributed by atoms with Gasteiger partial charge in [-0.2, -0.15) is 0 Å². The van der Waals surface area contributed by atoms with E-state index in [4.69, 9.17) is 14.6 Å². The summed E-state index contributed by atoms with van der Waals surface area (Å²) < 4.78 is 10.4. The Kier molecular flexibility index (Phi) is 7.14. The van der Waals surface area contributed by atoms with Gasteiger partial charge in [-0.05, 0) is 12.8 Å². The van der Waals surface area contributed by atoms with E-state index in [-0.39, 0.29) is 17.8 Å². The number of hydrogen-bond acceptors (Lipinski definition) is 5. The molecule has 1 unspecified atom stereocenters. The second-order valence-electron chi connectivity index (χ2n) is 6.02. The molecule has 1 aliphatic carbocycles. The molecule has 22 heavy (non-hydrogen) atoms. The van der Waals surface area contributed by atoms with Gasteiger partial charge in [0.05, 0.1) is 5.92 Å². The van der Waals surface area contributed by atoms with Crippen LogP contribution in [-0.2, 0) is 19.1 Å². The molecule has 0 aromatic rings. The van der Waals surface area contributed by atoms with E-state index in [0.717, 1.165) is 37.0 Å². The van der Waals surface area contributed by atoms with Crippen LogP contribution >= 0.6 is 0 Å². The number of aliphatic carboxylic acids is 1. The van der Waals surface area contributed by atoms with Crippen LogP contribution in [0, 0.1) is 11.8 Å². The summed E-state index contributed by atoms with van der Waals surface area (Å²) in [6, 6.07) is 0. The van der Waals surface area contributed by atoms with Gasteiger partial charge in [0.25, 0.3) is 6.29 Å². The van der Waals surface area contributed by atoms with Crippen molar-refractivity contribution >= 4 is 18.0 Å². The van der Waals surface area contributed by atoms with Gasteiger partial charge in [-0.3, -0.25) is 9.59 Å². The third-order valence-corrected chi connectivity index (χ3v) is 3.62. The third-order valence-electron chi connectivity index (χ3n) is 3.62. The topological polar surface area (TPSA) is 93.1 Å². The number of esters is 1. The van der Waals surface area contributed by atoms with Crippen LogP contribution in [0.1, 0.15) is 46.0 Å². The monoisotopic (exact) mass is 315 g/mol. The molecule has 1 N–H and O–H groups in total. The van der Waals surface area contributed by atoms with Crippen LogP contribution in [0.15, 0.2) is 0 Å². The van der Waals surface area contributed by atoms with E-state index >= 15 is 0 Å². The summed E-state index contributed by atoms with van der Waals surface area (Å²) in [6.07, 6.45) is 2.93. The van der Waals surface area contributed by atoms with E-state index in [1.54, 1.807) is 13.8 Å². The van der Waals surface area contributed by atoms with Gasteiger partial charge < -0.3 is 19.5 Å². The van der Waals surface area contributed by atoms with E-state index in [2.05, 4.69) is 0 Å². The van der Waals surface area contributed by atoms with Gasteiger partial charge in [0.15, 0.2) is 0 Å². The highest BCUT2D eigenvalue weighted by Crippen LogP contribution is 2.26. The summed E-state index contributed by atoms with van der Waals surface area (Å²) in [4.78, 5) is 35.4. The van der Waals surface area contributed by atoms with Crippen molar-refractivity contribution in [3.05, 3.63) is 0 Å². The minimum absolute atomic E-state index is 0.134. The Morgan fingerprint density at radius 1 is 1.14 bits per heavy atom. The SMILES string of the molecule is CC(C)C(OC(=O)C1CCCCC1)OC(=O)N(C)CC(=O)O. The average Bonchev–Trinajstić information content (AvgIpc) is 2.46. The lowest BCUT2D eigenvalue weighted by Crippen LogP contribution is -2.39. The van der Waals surface area contributed by atoms with Gasteiger partial charge in [-0.15, -0.1) is 0 Å². The second kappa shape index (κ2) is 8.60. The van der Waals surface area contributed by atoms with Crippen molar-refractivity contribution < 1.29 is 29.0 Å². The highest BCUT2D eigenvalue weighted by molar-refractivity contribution is 5.77. The number of ether oxygens (including phenoxy) is 2. The van der Waals surface area contributed by atoms with E-state index in [1.165, 1.54) is 7.05 Å². The largest absolute Gasteiger partial charge is 0.480 e. The summed E-state index contributed by atoms with van der Waals surface area (Å²) in [6.45, 7) is 3.06. The van der Waals surface area contributed by atoms with Gasteiger partial charge >= 0.3 is 18.0 Å². The summed E-state index contributed by atoms with van der Waals surface area (Å²) in [5.41, 5.74) is 0. The molecule has 1 fully saturated rings. The molecule has 1 aliphatic rings. The first-order chi connectivity index (χ1) is 10.3. The first kappa shape index (κ1) is 18.3. The predicted molar refractivity (Wildman–Crippen MR) is 78.0 cm³/mol. The predicted octanol–water partition coefficient (Wildman–Crippen LogP) is 2.25. The van der Waals surface area contributed by atoms with E-state index < -0.39 is 24.9 Å². The van der Waals surface area contributed by atoms with Crippen molar-refractivity contribution in [2.45, 2.75) is 52.2 Å². The Labute approximate surface area is 130 Å². The molecule has 0 radical (unpaired) electrons. The third kappa shape index (κ3) is 5.91. The minimum atomic E-state index is -1.14. The number of amides is 1. The zero-order valence-corrected chi connectivity index (χ0v) is 13.4. The fourth-order valence-corrected chi connectivity index (χ4v) is 2.30. The molecule has 7 nitrogen and oxygen atoms in total. The molecule has 0 aliphatic heterocycles. The number of nitrogens with zero attached hydrogens (tertiary/aromatic N) is 1. The van der Waals surface area contributed by atoms with Crippen molar-refractivity contribution in [3.63, 3.8) is 0 Å². The minimum Gasteiger partial charge on any atom is -0.480 e. The van der Waals surface area contributed by atoms with Gasteiger partial charge in [0, 0.05) is 13.0 Å². The van der Waals surface area contributed by atoms with Crippen molar-refractivity contribution in [1.29, 1.82) is 0 Å². The quantitative estimate of drug-likeness (QED) is 0.597. The van der Waals surface area contributed by atoms with Crippen LogP contribution in [-0.4, -0.2) is 47.9 Å². The number of carboxylic acids is 1. The molecule has 1 saturated carbocycles. The maximum Gasteiger partial charge on any atom is 0.413 e. The van der Waals surface area contributed by atoms with Crippen molar-refractivity contribution in [3.8, 4) is 0 Å². The number of carboxylic acid groups (broad SMARTS) is 1. The first-order valence-electron chi connectivity index (χ1n) is 7.65. The standard InChI is InChI=1S/C15H25NO6/c1-10(2)14(22-15(20)16(3)9-12(17)18)21-13(19)11-7-5-4-6-8-11/h10-11,14H,4-9H2,1-3H3,(H,17,18). The van der Waals surface area contributed by atoms with Gasteiger partial charge in [-0.25, -0.2) is 4.79 Å². The maximum absolute atomic E-state index is 12.1. The van der Waals surface area contributed by atoms with E-state index in [1.807, 2.05) is 0 Å². The first-order valence-corrected chi connectivity index (χ1v) is 7.65. The number of likely N-dealkylation sites (N-methyl/N-ethyl adjacent to an activating group) is 1. The lowest BCUT2D eigenvalue weighted by atomic mass is 9.89. The lowest BCUT2D eigenvalue weighted by molar-refractivity contribution is -0.182. The molecule has 0 aromatic heterocycles. The van der Waals surface area contributed by atoms with Crippen molar-refractivity contribution in [2.75, 3.05) is 13.6 Å². The molecule has 0 bridgehead atoms. The zero-order chi connectivity index (χ0) is 16.7. The Morgan fingerprint density at radius 2 is 1.73 bits per heavy atom. The fourth-order valence-electron chi connectivity index (χ4n) is 2.30. The molecule has 7 heteroatoms. The fraction of sp³-hybridized carbons (Fsp3) is 0.800. The smallest absolute Gasteiger partial charge is 0.413 e. The zero-order valence-electron chi connectivity index (χ0n) is 13.4. The van der Waals surface area contributed by atoms with Crippen LogP contribution < -0.4 is 0 Å². The van der Waals surface area contributed by atoms with Gasteiger partial charge in [-0.1, -0.05) is 33.1 Å². The lowest BCUT2D eigenvalue weighted by Gasteiger charge is -2.27. The molecule has 126 valence electrons. The van der Waals surface area contributed by atoms with E-state index in [0.29, 0.717) is 0 Å². The maximum atomic E-state index is 12.1. The molecule has 1 atom stereocenters. The van der Waals surface area contributed by atoms with Crippen LogP contribution in [0.2, 0.25) is 0 Å². The average molecular weight is 315 g/mol. The highest BCUT2D eigenvalue weighted by atomic mass is 16.7. The molecule has 0 heterocycles. The van der Waals surface area contributed by atoms with Crippen molar-refractivity contribution in [2.24, 2.45) is 11.8 Å². The Balaban J connectivity index is 2.55. The molecule has 0 aromatic carbocycles.